The predicted octanol–water partition coefficient (Wildman–Crippen LogP) is 1.19. The standard InChI is InChI=1S/C13H17N5O/c1-13(2,7-14)12(19)17-10-3-5-11(6-4-10)18-9-15-8-16-18/h3-6,8-9H,7,14H2,1-2H3,(H,17,19). The quantitative estimate of drug-likeness (QED) is 0.863. The lowest BCUT2D eigenvalue weighted by Crippen LogP contribution is -2.37. The molecule has 1 heterocycles. The summed E-state index contributed by atoms with van der Waals surface area (Å²) in [6.45, 7) is 3.92. The summed E-state index contributed by atoms with van der Waals surface area (Å²) in [5, 5.41) is 6.87. The third-order valence-electron chi connectivity index (χ3n) is 2.93. The molecule has 1 amide bonds. The van der Waals surface area contributed by atoms with Crippen LogP contribution in [0.1, 0.15) is 13.8 Å². The minimum atomic E-state index is -0.579. The molecule has 6 heteroatoms. The molecule has 0 atom stereocenters. The van der Waals surface area contributed by atoms with Gasteiger partial charge in [0.25, 0.3) is 0 Å². The van der Waals surface area contributed by atoms with Gasteiger partial charge in [-0.3, -0.25) is 4.79 Å². The third kappa shape index (κ3) is 2.97. The molecular weight excluding hydrogens is 242 g/mol. The van der Waals surface area contributed by atoms with Crippen molar-refractivity contribution in [3.63, 3.8) is 0 Å². The van der Waals surface area contributed by atoms with Crippen LogP contribution < -0.4 is 11.1 Å². The second-order valence-corrected chi connectivity index (χ2v) is 4.93. The van der Waals surface area contributed by atoms with Crippen LogP contribution in [-0.2, 0) is 4.79 Å². The lowest BCUT2D eigenvalue weighted by Gasteiger charge is -2.21. The molecule has 0 unspecified atom stereocenters. The average Bonchev–Trinajstić information content (AvgIpc) is 2.93. The minimum Gasteiger partial charge on any atom is -0.329 e. The van der Waals surface area contributed by atoms with Gasteiger partial charge in [0.05, 0.1) is 11.1 Å². The number of nitrogens with zero attached hydrogens (tertiary/aromatic N) is 3. The third-order valence-corrected chi connectivity index (χ3v) is 2.93. The minimum absolute atomic E-state index is 0.0940. The molecule has 1 aromatic heterocycles. The van der Waals surface area contributed by atoms with Crippen molar-refractivity contribution in [2.24, 2.45) is 11.1 Å². The van der Waals surface area contributed by atoms with Gasteiger partial charge in [0.1, 0.15) is 12.7 Å². The van der Waals surface area contributed by atoms with Gasteiger partial charge in [0, 0.05) is 12.2 Å². The van der Waals surface area contributed by atoms with Gasteiger partial charge in [-0.25, -0.2) is 9.67 Å². The van der Waals surface area contributed by atoms with Gasteiger partial charge in [-0.1, -0.05) is 0 Å². The van der Waals surface area contributed by atoms with E-state index in [2.05, 4.69) is 15.4 Å². The normalized spacial score (nSPS) is 11.3. The van der Waals surface area contributed by atoms with Crippen molar-refractivity contribution in [3.8, 4) is 5.69 Å². The monoisotopic (exact) mass is 259 g/mol. The van der Waals surface area contributed by atoms with E-state index in [1.165, 1.54) is 6.33 Å². The number of aromatic nitrogens is 3. The fraction of sp³-hybridized carbons (Fsp3) is 0.308. The van der Waals surface area contributed by atoms with Gasteiger partial charge in [0.15, 0.2) is 0 Å². The number of hydrogen-bond acceptors (Lipinski definition) is 4. The van der Waals surface area contributed by atoms with Crippen LogP contribution in [-0.4, -0.2) is 27.2 Å². The molecule has 0 fully saturated rings. The predicted molar refractivity (Wildman–Crippen MR) is 72.8 cm³/mol. The number of carbonyl (C=O) groups is 1. The van der Waals surface area contributed by atoms with Crippen LogP contribution in [0.25, 0.3) is 5.69 Å². The van der Waals surface area contributed by atoms with E-state index in [1.807, 2.05) is 38.1 Å². The number of amides is 1. The zero-order valence-electron chi connectivity index (χ0n) is 11.0. The Labute approximate surface area is 111 Å². The van der Waals surface area contributed by atoms with Crippen LogP contribution in [0.3, 0.4) is 0 Å². The van der Waals surface area contributed by atoms with Crippen molar-refractivity contribution < 1.29 is 4.79 Å². The highest BCUT2D eigenvalue weighted by atomic mass is 16.2. The Bertz CT molecular complexity index is 545. The van der Waals surface area contributed by atoms with E-state index in [0.29, 0.717) is 6.54 Å². The molecule has 0 saturated heterocycles. The molecule has 0 aliphatic carbocycles. The molecular formula is C13H17N5O. The van der Waals surface area contributed by atoms with Gasteiger partial charge in [-0.2, -0.15) is 5.10 Å². The first kappa shape index (κ1) is 13.2. The number of nitrogens with one attached hydrogen (secondary N) is 1. The maximum atomic E-state index is 12.0. The van der Waals surface area contributed by atoms with Crippen molar-refractivity contribution in [1.82, 2.24) is 14.8 Å². The highest BCUT2D eigenvalue weighted by Crippen LogP contribution is 2.18. The van der Waals surface area contributed by atoms with Crippen molar-refractivity contribution in [1.29, 1.82) is 0 Å². The summed E-state index contributed by atoms with van der Waals surface area (Å²) >= 11 is 0. The zero-order valence-corrected chi connectivity index (χ0v) is 11.0. The van der Waals surface area contributed by atoms with Crippen LogP contribution in [0.15, 0.2) is 36.9 Å². The first-order valence-electron chi connectivity index (χ1n) is 5.99. The topological polar surface area (TPSA) is 85.8 Å². The summed E-state index contributed by atoms with van der Waals surface area (Å²) in [6.07, 6.45) is 3.09. The first-order valence-corrected chi connectivity index (χ1v) is 5.99. The van der Waals surface area contributed by atoms with Gasteiger partial charge in [-0.05, 0) is 38.1 Å². The van der Waals surface area contributed by atoms with E-state index in [-0.39, 0.29) is 5.91 Å². The fourth-order valence-electron chi connectivity index (χ4n) is 1.43. The van der Waals surface area contributed by atoms with E-state index in [1.54, 1.807) is 11.0 Å². The SMILES string of the molecule is CC(C)(CN)C(=O)Nc1ccc(-n2cncn2)cc1. The maximum Gasteiger partial charge on any atom is 0.231 e. The fourth-order valence-corrected chi connectivity index (χ4v) is 1.43. The molecule has 0 spiro atoms. The molecule has 2 rings (SSSR count). The number of nitrogens with two attached hydrogens (primary N) is 1. The second kappa shape index (κ2) is 5.19. The van der Waals surface area contributed by atoms with Crippen molar-refractivity contribution in [2.75, 3.05) is 11.9 Å². The Kier molecular flexibility index (Phi) is 3.62. The van der Waals surface area contributed by atoms with Crippen LogP contribution in [0.5, 0.6) is 0 Å². The molecule has 2 aromatic rings. The summed E-state index contributed by atoms with van der Waals surface area (Å²) in [5.41, 5.74) is 6.61. The van der Waals surface area contributed by atoms with Crippen molar-refractivity contribution in [2.45, 2.75) is 13.8 Å². The molecule has 19 heavy (non-hydrogen) atoms. The molecule has 0 radical (unpaired) electrons. The Morgan fingerprint density at radius 3 is 2.58 bits per heavy atom. The van der Waals surface area contributed by atoms with Crippen LogP contribution in [0, 0.1) is 5.41 Å². The smallest absolute Gasteiger partial charge is 0.231 e. The second-order valence-electron chi connectivity index (χ2n) is 4.93. The summed E-state index contributed by atoms with van der Waals surface area (Å²) in [4.78, 5) is 15.8. The molecule has 0 saturated carbocycles. The molecule has 0 bridgehead atoms. The molecule has 0 aliphatic heterocycles. The highest BCUT2D eigenvalue weighted by Gasteiger charge is 2.25. The Morgan fingerprint density at radius 1 is 1.37 bits per heavy atom. The largest absolute Gasteiger partial charge is 0.329 e. The Balaban J connectivity index is 2.10. The first-order chi connectivity index (χ1) is 9.03. The number of hydrogen-bond donors (Lipinski definition) is 2. The van der Waals surface area contributed by atoms with E-state index in [9.17, 15) is 4.79 Å². The summed E-state index contributed by atoms with van der Waals surface area (Å²) in [6, 6.07) is 7.36. The van der Waals surface area contributed by atoms with Crippen molar-refractivity contribution in [3.05, 3.63) is 36.9 Å². The van der Waals surface area contributed by atoms with E-state index in [4.69, 9.17) is 5.73 Å². The van der Waals surface area contributed by atoms with E-state index < -0.39 is 5.41 Å². The number of anilines is 1. The molecule has 6 nitrogen and oxygen atoms in total. The summed E-state index contributed by atoms with van der Waals surface area (Å²) in [7, 11) is 0. The molecule has 0 aliphatic rings. The summed E-state index contributed by atoms with van der Waals surface area (Å²) in [5.74, 6) is -0.0940. The summed E-state index contributed by atoms with van der Waals surface area (Å²) < 4.78 is 1.65. The molecule has 3 N–H and O–H groups in total. The van der Waals surface area contributed by atoms with Gasteiger partial charge in [0.2, 0.25) is 5.91 Å². The number of rotatable bonds is 4. The van der Waals surface area contributed by atoms with Gasteiger partial charge >= 0.3 is 0 Å². The van der Waals surface area contributed by atoms with Crippen LogP contribution in [0.2, 0.25) is 0 Å². The highest BCUT2D eigenvalue weighted by molar-refractivity contribution is 5.95. The lowest BCUT2D eigenvalue weighted by molar-refractivity contribution is -0.123. The number of benzene rings is 1. The molecule has 100 valence electrons. The van der Waals surface area contributed by atoms with Crippen LogP contribution >= 0.6 is 0 Å². The average molecular weight is 259 g/mol. The van der Waals surface area contributed by atoms with Gasteiger partial charge in [-0.15, -0.1) is 0 Å². The van der Waals surface area contributed by atoms with E-state index in [0.717, 1.165) is 11.4 Å². The van der Waals surface area contributed by atoms with Crippen molar-refractivity contribution >= 4 is 11.6 Å². The van der Waals surface area contributed by atoms with E-state index >= 15 is 0 Å². The Morgan fingerprint density at radius 2 is 2.05 bits per heavy atom. The van der Waals surface area contributed by atoms with Crippen LogP contribution in [0.4, 0.5) is 5.69 Å². The lowest BCUT2D eigenvalue weighted by atomic mass is 9.92. The molecule has 1 aromatic carbocycles. The number of carbonyl (C=O) groups excluding carboxylic acids is 1. The zero-order chi connectivity index (χ0) is 13.9. The Hall–Kier alpha value is -2.21. The maximum absolute atomic E-state index is 12.0. The van der Waals surface area contributed by atoms with Gasteiger partial charge < -0.3 is 11.1 Å².